The van der Waals surface area contributed by atoms with Crippen molar-refractivity contribution in [3.8, 4) is 6.07 Å². The molecule has 0 saturated carbocycles. The van der Waals surface area contributed by atoms with E-state index in [2.05, 4.69) is 58.2 Å². The normalized spacial score (nSPS) is 11.5. The molecule has 0 spiro atoms. The van der Waals surface area contributed by atoms with Gasteiger partial charge in [0.25, 0.3) is 0 Å². The van der Waals surface area contributed by atoms with Crippen LogP contribution in [0.4, 0.5) is 0 Å². The summed E-state index contributed by atoms with van der Waals surface area (Å²) >= 11 is 3.43. The molecule has 0 amide bonds. The number of benzene rings is 1. The van der Waals surface area contributed by atoms with Gasteiger partial charge in [0.15, 0.2) is 0 Å². The van der Waals surface area contributed by atoms with Gasteiger partial charge in [-0.3, -0.25) is 0 Å². The molecule has 3 heteroatoms. The fourth-order valence-corrected chi connectivity index (χ4v) is 2.02. The Morgan fingerprint density at radius 1 is 1.29 bits per heavy atom. The topological polar surface area (TPSA) is 27.0 Å². The molecule has 0 aliphatic rings. The highest BCUT2D eigenvalue weighted by molar-refractivity contribution is 9.10. The molecule has 0 unspecified atom stereocenters. The highest BCUT2D eigenvalue weighted by atomic mass is 79.9. The average molecular weight is 295 g/mol. The average Bonchev–Trinajstić information content (AvgIpc) is 2.28. The Kier molecular flexibility index (Phi) is 5.17. The van der Waals surface area contributed by atoms with Crippen molar-refractivity contribution < 1.29 is 0 Å². The molecule has 92 valence electrons. The lowest BCUT2D eigenvalue weighted by Crippen LogP contribution is -2.31. The predicted molar refractivity (Wildman–Crippen MR) is 74.7 cm³/mol. The van der Waals surface area contributed by atoms with Crippen molar-refractivity contribution in [3.63, 3.8) is 0 Å². The highest BCUT2D eigenvalue weighted by Gasteiger charge is 2.18. The summed E-state index contributed by atoms with van der Waals surface area (Å²) in [6.07, 6.45) is 1.02. The van der Waals surface area contributed by atoms with Crippen LogP contribution in [0.15, 0.2) is 28.7 Å². The van der Waals surface area contributed by atoms with E-state index >= 15 is 0 Å². The van der Waals surface area contributed by atoms with Gasteiger partial charge in [0, 0.05) is 17.6 Å². The maximum atomic E-state index is 8.98. The molecule has 2 nitrogen and oxygen atoms in total. The van der Waals surface area contributed by atoms with Gasteiger partial charge in [0.1, 0.15) is 0 Å². The van der Waals surface area contributed by atoms with Crippen molar-refractivity contribution in [1.82, 2.24) is 4.90 Å². The minimum absolute atomic E-state index is 0.269. The number of nitriles is 1. The molecule has 0 atom stereocenters. The number of likely N-dealkylation sites (N-methyl/N-ethyl adjacent to an activating group) is 1. The summed E-state index contributed by atoms with van der Waals surface area (Å²) in [5.74, 6) is 0. The number of rotatable bonds is 5. The van der Waals surface area contributed by atoms with E-state index in [0.29, 0.717) is 0 Å². The third-order valence-electron chi connectivity index (χ3n) is 2.66. The predicted octanol–water partition coefficient (Wildman–Crippen LogP) is 3.47. The van der Waals surface area contributed by atoms with Crippen molar-refractivity contribution >= 4 is 15.9 Å². The van der Waals surface area contributed by atoms with E-state index in [1.165, 1.54) is 5.56 Å². The molecule has 0 saturated heterocycles. The fourth-order valence-electron chi connectivity index (χ4n) is 1.76. The van der Waals surface area contributed by atoms with Gasteiger partial charge in [-0.15, -0.1) is 0 Å². The Hall–Kier alpha value is -0.850. The van der Waals surface area contributed by atoms with Crippen molar-refractivity contribution in [1.29, 1.82) is 5.26 Å². The molecule has 0 heterocycles. The van der Waals surface area contributed by atoms with E-state index < -0.39 is 0 Å². The maximum Gasteiger partial charge on any atom is 0.0697 e. The number of halogens is 1. The molecule has 0 aliphatic carbocycles. The lowest BCUT2D eigenvalue weighted by Gasteiger charge is -2.24. The summed E-state index contributed by atoms with van der Waals surface area (Å²) in [6, 6.07) is 10.7. The summed E-state index contributed by atoms with van der Waals surface area (Å²) in [5.41, 5.74) is 1.06. The Labute approximate surface area is 112 Å². The molecule has 0 radical (unpaired) electrons. The van der Waals surface area contributed by atoms with Crippen LogP contribution in [0.25, 0.3) is 0 Å². The summed E-state index contributed by atoms with van der Waals surface area (Å²) in [7, 11) is 2.07. The molecule has 1 aromatic carbocycles. The standard InChI is InChI=1S/C14H19BrN2/c1-14(2,10-16)11-17(3)9-8-12-4-6-13(15)7-5-12/h4-7H,8-9,11H2,1-3H3. The van der Waals surface area contributed by atoms with Gasteiger partial charge in [0.05, 0.1) is 11.5 Å². The molecular weight excluding hydrogens is 276 g/mol. The molecule has 0 fully saturated rings. The zero-order valence-electron chi connectivity index (χ0n) is 10.7. The third kappa shape index (κ3) is 5.34. The SMILES string of the molecule is CN(CCc1ccc(Br)cc1)CC(C)(C)C#N. The van der Waals surface area contributed by atoms with E-state index in [-0.39, 0.29) is 5.41 Å². The second-order valence-electron chi connectivity index (χ2n) is 5.11. The van der Waals surface area contributed by atoms with Crippen LogP contribution in [0, 0.1) is 16.7 Å². The first-order valence-corrected chi connectivity index (χ1v) is 6.56. The zero-order chi connectivity index (χ0) is 12.9. The van der Waals surface area contributed by atoms with Crippen LogP contribution in [0.3, 0.4) is 0 Å². The molecule has 0 aromatic heterocycles. The highest BCUT2D eigenvalue weighted by Crippen LogP contribution is 2.15. The van der Waals surface area contributed by atoms with Crippen LogP contribution in [-0.2, 0) is 6.42 Å². The third-order valence-corrected chi connectivity index (χ3v) is 3.19. The molecule has 0 N–H and O–H groups in total. The monoisotopic (exact) mass is 294 g/mol. The minimum Gasteiger partial charge on any atom is -0.304 e. The second-order valence-corrected chi connectivity index (χ2v) is 6.03. The largest absolute Gasteiger partial charge is 0.304 e. The van der Waals surface area contributed by atoms with Crippen LogP contribution in [0.2, 0.25) is 0 Å². The number of nitrogens with zero attached hydrogens (tertiary/aromatic N) is 2. The first-order valence-electron chi connectivity index (χ1n) is 5.77. The smallest absolute Gasteiger partial charge is 0.0697 e. The zero-order valence-corrected chi connectivity index (χ0v) is 12.3. The van der Waals surface area contributed by atoms with Gasteiger partial charge in [-0.05, 0) is 45.0 Å². The van der Waals surface area contributed by atoms with Gasteiger partial charge in [-0.1, -0.05) is 28.1 Å². The van der Waals surface area contributed by atoms with Gasteiger partial charge in [-0.2, -0.15) is 5.26 Å². The summed E-state index contributed by atoms with van der Waals surface area (Å²) in [4.78, 5) is 2.21. The van der Waals surface area contributed by atoms with Crippen LogP contribution in [0.1, 0.15) is 19.4 Å². The fraction of sp³-hybridized carbons (Fsp3) is 0.500. The van der Waals surface area contributed by atoms with Crippen LogP contribution in [0.5, 0.6) is 0 Å². The molecular formula is C14H19BrN2. The van der Waals surface area contributed by atoms with Gasteiger partial charge < -0.3 is 4.90 Å². The van der Waals surface area contributed by atoms with Gasteiger partial charge in [-0.25, -0.2) is 0 Å². The molecule has 0 bridgehead atoms. The lowest BCUT2D eigenvalue weighted by molar-refractivity contribution is 0.258. The Balaban J connectivity index is 2.41. The molecule has 17 heavy (non-hydrogen) atoms. The Morgan fingerprint density at radius 2 is 1.88 bits per heavy atom. The molecule has 1 aromatic rings. The summed E-state index contributed by atoms with van der Waals surface area (Å²) < 4.78 is 1.11. The van der Waals surface area contributed by atoms with E-state index in [0.717, 1.165) is 24.0 Å². The van der Waals surface area contributed by atoms with Gasteiger partial charge in [0.2, 0.25) is 0 Å². The minimum atomic E-state index is -0.269. The van der Waals surface area contributed by atoms with Crippen LogP contribution < -0.4 is 0 Å². The van der Waals surface area contributed by atoms with Crippen molar-refractivity contribution in [2.45, 2.75) is 20.3 Å². The van der Waals surface area contributed by atoms with Crippen molar-refractivity contribution in [3.05, 3.63) is 34.3 Å². The summed E-state index contributed by atoms with van der Waals surface area (Å²) in [5, 5.41) is 8.98. The first-order chi connectivity index (χ1) is 7.93. The number of hydrogen-bond donors (Lipinski definition) is 0. The Bertz CT molecular complexity index is 390. The first kappa shape index (κ1) is 14.2. The molecule has 1 rings (SSSR count). The summed E-state index contributed by atoms with van der Waals surface area (Å²) in [6.45, 7) is 5.74. The lowest BCUT2D eigenvalue weighted by atomic mass is 9.95. The van der Waals surface area contributed by atoms with Crippen LogP contribution in [-0.4, -0.2) is 25.0 Å². The van der Waals surface area contributed by atoms with Gasteiger partial charge >= 0.3 is 0 Å². The van der Waals surface area contributed by atoms with E-state index in [1.807, 2.05) is 13.8 Å². The molecule has 0 aliphatic heterocycles. The van der Waals surface area contributed by atoms with E-state index in [9.17, 15) is 0 Å². The van der Waals surface area contributed by atoms with Crippen molar-refractivity contribution in [2.75, 3.05) is 20.1 Å². The van der Waals surface area contributed by atoms with E-state index in [1.54, 1.807) is 0 Å². The van der Waals surface area contributed by atoms with Crippen molar-refractivity contribution in [2.24, 2.45) is 5.41 Å². The number of hydrogen-bond acceptors (Lipinski definition) is 2. The van der Waals surface area contributed by atoms with E-state index in [4.69, 9.17) is 5.26 Å². The van der Waals surface area contributed by atoms with Crippen LogP contribution >= 0.6 is 15.9 Å². The Morgan fingerprint density at radius 3 is 2.41 bits per heavy atom. The quantitative estimate of drug-likeness (QED) is 0.831. The second kappa shape index (κ2) is 6.18. The maximum absolute atomic E-state index is 8.98.